The van der Waals surface area contributed by atoms with Gasteiger partial charge in [0.15, 0.2) is 5.78 Å². The van der Waals surface area contributed by atoms with Crippen molar-refractivity contribution < 1.29 is 14.3 Å². The number of carbonyl (C=O) groups excluding carboxylic acids is 1. The first-order valence-corrected chi connectivity index (χ1v) is 7.62. The third kappa shape index (κ3) is 3.63. The Morgan fingerprint density at radius 2 is 2.10 bits per heavy atom. The highest BCUT2D eigenvalue weighted by Crippen LogP contribution is 2.21. The number of rotatable bonds is 5. The van der Waals surface area contributed by atoms with Crippen LogP contribution in [0, 0.1) is 0 Å². The second kappa shape index (κ2) is 7.05. The normalized spacial score (nSPS) is 24.6. The lowest BCUT2D eigenvalue weighted by Gasteiger charge is -2.41. The second-order valence-corrected chi connectivity index (χ2v) is 5.67. The Labute approximate surface area is 127 Å². The molecule has 0 amide bonds. The molecule has 21 heavy (non-hydrogen) atoms. The number of morpholine rings is 1. The van der Waals surface area contributed by atoms with Gasteiger partial charge in [0.2, 0.25) is 0 Å². The van der Waals surface area contributed by atoms with Crippen molar-refractivity contribution in [1.82, 2.24) is 4.90 Å². The van der Waals surface area contributed by atoms with Gasteiger partial charge in [-0.15, -0.1) is 0 Å². The quantitative estimate of drug-likeness (QED) is 0.782. The molecular formula is C17H25NO3. The minimum absolute atomic E-state index is 0.130. The summed E-state index contributed by atoms with van der Waals surface area (Å²) in [6, 6.07) is 7.52. The van der Waals surface area contributed by atoms with Crippen molar-refractivity contribution >= 4 is 5.78 Å². The molecular weight excluding hydrogens is 266 g/mol. The fraction of sp³-hybridized carbons (Fsp3) is 0.588. The largest absolute Gasteiger partial charge is 0.497 e. The molecule has 1 heterocycles. The molecule has 0 N–H and O–H groups in total. The van der Waals surface area contributed by atoms with Gasteiger partial charge in [0.05, 0.1) is 25.9 Å². The summed E-state index contributed by atoms with van der Waals surface area (Å²) in [6.07, 6.45) is 1.17. The van der Waals surface area contributed by atoms with Gasteiger partial charge >= 0.3 is 0 Å². The average molecular weight is 291 g/mol. The lowest BCUT2D eigenvalue weighted by atomic mass is 10.0. The zero-order valence-corrected chi connectivity index (χ0v) is 13.3. The minimum atomic E-state index is -0.130. The van der Waals surface area contributed by atoms with Crippen molar-refractivity contribution in [3.8, 4) is 5.75 Å². The summed E-state index contributed by atoms with van der Waals surface area (Å²) < 4.78 is 10.8. The summed E-state index contributed by atoms with van der Waals surface area (Å²) in [5.74, 6) is 0.927. The van der Waals surface area contributed by atoms with Crippen molar-refractivity contribution in [2.45, 2.75) is 45.4 Å². The summed E-state index contributed by atoms with van der Waals surface area (Å²) >= 11 is 0. The third-order valence-corrected chi connectivity index (χ3v) is 4.23. The maximum absolute atomic E-state index is 12.7. The molecule has 1 aliphatic rings. The lowest BCUT2D eigenvalue weighted by molar-refractivity contribution is -0.0648. The number of Topliss-reactive ketones (excluding diaryl/α,β-unsaturated/α-hetero) is 1. The van der Waals surface area contributed by atoms with Gasteiger partial charge in [-0.2, -0.15) is 0 Å². The number of carbonyl (C=O) groups is 1. The molecule has 1 saturated heterocycles. The molecule has 1 aromatic rings. The van der Waals surface area contributed by atoms with Crippen LogP contribution in [0.15, 0.2) is 24.3 Å². The van der Waals surface area contributed by atoms with Crippen LogP contribution in [-0.4, -0.2) is 49.1 Å². The van der Waals surface area contributed by atoms with Gasteiger partial charge in [-0.05, 0) is 44.5 Å². The second-order valence-electron chi connectivity index (χ2n) is 5.67. The van der Waals surface area contributed by atoms with E-state index in [4.69, 9.17) is 9.47 Å². The number of hydrogen-bond donors (Lipinski definition) is 0. The predicted molar refractivity (Wildman–Crippen MR) is 83.0 cm³/mol. The topological polar surface area (TPSA) is 38.8 Å². The van der Waals surface area contributed by atoms with E-state index in [2.05, 4.69) is 18.7 Å². The van der Waals surface area contributed by atoms with Crippen molar-refractivity contribution in [3.63, 3.8) is 0 Å². The van der Waals surface area contributed by atoms with E-state index in [1.54, 1.807) is 7.11 Å². The van der Waals surface area contributed by atoms with Gasteiger partial charge in [0, 0.05) is 18.2 Å². The van der Waals surface area contributed by atoms with Crippen LogP contribution in [0.25, 0.3) is 0 Å². The summed E-state index contributed by atoms with van der Waals surface area (Å²) in [7, 11) is 1.63. The van der Waals surface area contributed by atoms with Crippen molar-refractivity contribution in [2.75, 3.05) is 20.3 Å². The molecule has 116 valence electrons. The molecule has 2 rings (SSSR count). The fourth-order valence-corrected chi connectivity index (χ4v) is 2.84. The average Bonchev–Trinajstić information content (AvgIpc) is 2.53. The fourth-order valence-electron chi connectivity index (χ4n) is 2.84. The molecule has 4 heteroatoms. The molecule has 4 nitrogen and oxygen atoms in total. The molecule has 1 aromatic carbocycles. The van der Waals surface area contributed by atoms with Crippen LogP contribution in [0.4, 0.5) is 0 Å². The maximum atomic E-state index is 12.7. The van der Waals surface area contributed by atoms with Crippen LogP contribution in [0.3, 0.4) is 0 Å². The molecule has 0 saturated carbocycles. The van der Waals surface area contributed by atoms with E-state index >= 15 is 0 Å². The SMILES string of the molecule is CCC1COC(C)CN1C(C)C(=O)c1ccc(OC)cc1. The number of methoxy groups -OCH3 is 1. The first kappa shape index (κ1) is 16.0. The highest BCUT2D eigenvalue weighted by atomic mass is 16.5. The predicted octanol–water partition coefficient (Wildman–Crippen LogP) is 2.77. The zero-order chi connectivity index (χ0) is 15.4. The van der Waals surface area contributed by atoms with Crippen molar-refractivity contribution in [2.24, 2.45) is 0 Å². The minimum Gasteiger partial charge on any atom is -0.497 e. The van der Waals surface area contributed by atoms with Gasteiger partial charge in [0.25, 0.3) is 0 Å². The van der Waals surface area contributed by atoms with Crippen LogP contribution < -0.4 is 4.74 Å². The number of nitrogens with zero attached hydrogens (tertiary/aromatic N) is 1. The third-order valence-electron chi connectivity index (χ3n) is 4.23. The van der Waals surface area contributed by atoms with Crippen LogP contribution in [0.2, 0.25) is 0 Å². The van der Waals surface area contributed by atoms with E-state index in [0.29, 0.717) is 12.6 Å². The van der Waals surface area contributed by atoms with Crippen molar-refractivity contribution in [3.05, 3.63) is 29.8 Å². The molecule has 1 aliphatic heterocycles. The Morgan fingerprint density at radius 3 is 2.67 bits per heavy atom. The first-order chi connectivity index (χ1) is 10.1. The van der Waals surface area contributed by atoms with Crippen LogP contribution >= 0.6 is 0 Å². The molecule has 0 aliphatic carbocycles. The Morgan fingerprint density at radius 1 is 1.43 bits per heavy atom. The van der Waals surface area contributed by atoms with Crippen molar-refractivity contribution in [1.29, 1.82) is 0 Å². The summed E-state index contributed by atoms with van der Waals surface area (Å²) in [6.45, 7) is 7.71. The Bertz CT molecular complexity index is 471. The molecule has 3 atom stereocenters. The Balaban J connectivity index is 2.12. The highest BCUT2D eigenvalue weighted by molar-refractivity contribution is 6.00. The van der Waals surface area contributed by atoms with Crippen LogP contribution in [-0.2, 0) is 4.74 Å². The van der Waals surface area contributed by atoms with Gasteiger partial charge in [-0.25, -0.2) is 0 Å². The van der Waals surface area contributed by atoms with Gasteiger partial charge in [0.1, 0.15) is 5.75 Å². The van der Waals surface area contributed by atoms with E-state index in [1.807, 2.05) is 31.2 Å². The summed E-state index contributed by atoms with van der Waals surface area (Å²) in [5, 5.41) is 0. The monoisotopic (exact) mass is 291 g/mol. The van der Waals surface area contributed by atoms with E-state index in [1.165, 1.54) is 0 Å². The molecule has 0 spiro atoms. The number of ether oxygens (including phenoxy) is 2. The number of benzene rings is 1. The smallest absolute Gasteiger partial charge is 0.179 e. The molecule has 0 bridgehead atoms. The van der Waals surface area contributed by atoms with E-state index < -0.39 is 0 Å². The maximum Gasteiger partial charge on any atom is 0.179 e. The standard InChI is InChI=1S/C17H25NO3/c1-5-15-11-21-12(2)10-18(15)13(3)17(19)14-6-8-16(20-4)9-7-14/h6-9,12-13,15H,5,10-11H2,1-4H3. The molecule has 3 unspecified atom stereocenters. The van der Waals surface area contributed by atoms with Gasteiger partial charge in [-0.1, -0.05) is 6.92 Å². The molecule has 1 fully saturated rings. The Kier molecular flexibility index (Phi) is 5.37. The Hall–Kier alpha value is -1.39. The summed E-state index contributed by atoms with van der Waals surface area (Å²) in [5.41, 5.74) is 0.734. The van der Waals surface area contributed by atoms with Gasteiger partial charge in [-0.3, -0.25) is 9.69 Å². The van der Waals surface area contributed by atoms with E-state index in [9.17, 15) is 4.79 Å². The number of ketones is 1. The lowest BCUT2D eigenvalue weighted by Crippen LogP contribution is -2.54. The van der Waals surface area contributed by atoms with Gasteiger partial charge < -0.3 is 9.47 Å². The highest BCUT2D eigenvalue weighted by Gasteiger charge is 2.32. The van der Waals surface area contributed by atoms with Crippen LogP contribution in [0.1, 0.15) is 37.6 Å². The number of hydrogen-bond acceptors (Lipinski definition) is 4. The van der Waals surface area contributed by atoms with E-state index in [0.717, 1.165) is 24.3 Å². The molecule has 0 aromatic heterocycles. The molecule has 0 radical (unpaired) electrons. The first-order valence-electron chi connectivity index (χ1n) is 7.62. The summed E-state index contributed by atoms with van der Waals surface area (Å²) in [4.78, 5) is 15.0. The van der Waals surface area contributed by atoms with Crippen LogP contribution in [0.5, 0.6) is 5.75 Å². The zero-order valence-electron chi connectivity index (χ0n) is 13.3. The van der Waals surface area contributed by atoms with E-state index in [-0.39, 0.29) is 17.9 Å².